The zero-order valence-corrected chi connectivity index (χ0v) is 8.75. The molecule has 1 aromatic heterocycles. The van der Waals surface area contributed by atoms with Crippen LogP contribution >= 0.6 is 0 Å². The molecule has 0 spiro atoms. The van der Waals surface area contributed by atoms with Gasteiger partial charge in [-0.25, -0.2) is 4.98 Å². The van der Waals surface area contributed by atoms with E-state index in [2.05, 4.69) is 24.1 Å². The molecule has 0 unspecified atom stereocenters. The smallest absolute Gasteiger partial charge is 0.126 e. The average Bonchev–Trinajstić information content (AvgIpc) is 2.90. The lowest BCUT2D eigenvalue weighted by Gasteiger charge is -2.21. The monoisotopic (exact) mass is 191 g/mol. The Kier molecular flexibility index (Phi) is 2.10. The number of nitrogens with zero attached hydrogens (tertiary/aromatic N) is 1. The summed E-state index contributed by atoms with van der Waals surface area (Å²) in [5, 5.41) is 3.49. The SMILES string of the molecule is CC(C)C1(Nc2ccc(N)cn2)CC1. The van der Waals surface area contributed by atoms with E-state index < -0.39 is 0 Å². The van der Waals surface area contributed by atoms with Gasteiger partial charge in [-0.2, -0.15) is 0 Å². The molecule has 3 N–H and O–H groups in total. The van der Waals surface area contributed by atoms with Crippen LogP contribution in [-0.2, 0) is 0 Å². The molecule has 0 atom stereocenters. The molecule has 0 saturated heterocycles. The van der Waals surface area contributed by atoms with Crippen LogP contribution in [0.25, 0.3) is 0 Å². The molecule has 0 aliphatic heterocycles. The molecule has 0 amide bonds. The molecule has 3 nitrogen and oxygen atoms in total. The number of aromatic nitrogens is 1. The first-order chi connectivity index (χ1) is 6.62. The Bertz CT molecular complexity index is 312. The van der Waals surface area contributed by atoms with Crippen LogP contribution in [0.2, 0.25) is 0 Å². The molecule has 3 heteroatoms. The van der Waals surface area contributed by atoms with Crippen molar-refractivity contribution in [2.24, 2.45) is 5.92 Å². The van der Waals surface area contributed by atoms with Crippen molar-refractivity contribution < 1.29 is 0 Å². The highest BCUT2D eigenvalue weighted by atomic mass is 15.1. The van der Waals surface area contributed by atoms with E-state index in [-0.39, 0.29) is 0 Å². The second-order valence-corrected chi connectivity index (χ2v) is 4.41. The number of nitrogens with two attached hydrogens (primary N) is 1. The highest BCUT2D eigenvalue weighted by molar-refractivity contribution is 5.46. The summed E-state index contributed by atoms with van der Waals surface area (Å²) in [5.74, 6) is 1.59. The first kappa shape index (κ1) is 9.31. The molecule has 1 heterocycles. The quantitative estimate of drug-likeness (QED) is 0.770. The normalized spacial score (nSPS) is 18.2. The second kappa shape index (κ2) is 3.15. The van der Waals surface area contributed by atoms with Gasteiger partial charge in [0.25, 0.3) is 0 Å². The molecule has 14 heavy (non-hydrogen) atoms. The van der Waals surface area contributed by atoms with Gasteiger partial charge in [0.05, 0.1) is 11.9 Å². The Labute approximate surface area is 84.7 Å². The van der Waals surface area contributed by atoms with Crippen molar-refractivity contribution in [1.82, 2.24) is 4.98 Å². The van der Waals surface area contributed by atoms with Crippen LogP contribution in [0.4, 0.5) is 11.5 Å². The average molecular weight is 191 g/mol. The van der Waals surface area contributed by atoms with Gasteiger partial charge in [-0.05, 0) is 30.9 Å². The van der Waals surface area contributed by atoms with Crippen LogP contribution in [-0.4, -0.2) is 10.5 Å². The van der Waals surface area contributed by atoms with Gasteiger partial charge in [-0.1, -0.05) is 13.8 Å². The van der Waals surface area contributed by atoms with Crippen LogP contribution in [0.15, 0.2) is 18.3 Å². The van der Waals surface area contributed by atoms with Gasteiger partial charge in [-0.15, -0.1) is 0 Å². The second-order valence-electron chi connectivity index (χ2n) is 4.41. The van der Waals surface area contributed by atoms with E-state index in [1.165, 1.54) is 12.8 Å². The van der Waals surface area contributed by atoms with Gasteiger partial charge < -0.3 is 11.1 Å². The third kappa shape index (κ3) is 1.67. The lowest BCUT2D eigenvalue weighted by atomic mass is 10.0. The largest absolute Gasteiger partial charge is 0.397 e. The zero-order valence-electron chi connectivity index (χ0n) is 8.75. The molecule has 76 valence electrons. The molecule has 0 radical (unpaired) electrons. The number of nitrogen functional groups attached to an aromatic ring is 1. The maximum atomic E-state index is 5.58. The lowest BCUT2D eigenvalue weighted by molar-refractivity contribution is 0.510. The third-order valence-electron chi connectivity index (χ3n) is 3.06. The minimum atomic E-state index is 0.295. The van der Waals surface area contributed by atoms with Crippen molar-refractivity contribution in [3.8, 4) is 0 Å². The number of hydrogen-bond acceptors (Lipinski definition) is 3. The fourth-order valence-electron chi connectivity index (χ4n) is 1.72. The maximum Gasteiger partial charge on any atom is 0.126 e. The topological polar surface area (TPSA) is 50.9 Å². The molecule has 0 bridgehead atoms. The van der Waals surface area contributed by atoms with Crippen LogP contribution in [0.5, 0.6) is 0 Å². The minimum Gasteiger partial charge on any atom is -0.397 e. The Morgan fingerprint density at radius 2 is 2.14 bits per heavy atom. The molecular weight excluding hydrogens is 174 g/mol. The van der Waals surface area contributed by atoms with E-state index in [0.717, 1.165) is 5.82 Å². The summed E-state index contributed by atoms with van der Waals surface area (Å²) in [4.78, 5) is 4.25. The van der Waals surface area contributed by atoms with Crippen molar-refractivity contribution in [3.05, 3.63) is 18.3 Å². The first-order valence-electron chi connectivity index (χ1n) is 5.12. The molecule has 1 aromatic rings. The number of pyridine rings is 1. The first-order valence-corrected chi connectivity index (χ1v) is 5.12. The minimum absolute atomic E-state index is 0.295. The highest BCUT2D eigenvalue weighted by Crippen LogP contribution is 2.44. The van der Waals surface area contributed by atoms with Crippen molar-refractivity contribution in [3.63, 3.8) is 0 Å². The van der Waals surface area contributed by atoms with Crippen LogP contribution < -0.4 is 11.1 Å². The third-order valence-corrected chi connectivity index (χ3v) is 3.06. The molecule has 1 aliphatic rings. The Morgan fingerprint density at radius 1 is 1.43 bits per heavy atom. The van der Waals surface area contributed by atoms with Gasteiger partial charge >= 0.3 is 0 Å². The molecule has 1 saturated carbocycles. The van der Waals surface area contributed by atoms with E-state index in [1.54, 1.807) is 6.20 Å². The number of rotatable bonds is 3. The summed E-state index contributed by atoms with van der Waals surface area (Å²) < 4.78 is 0. The summed E-state index contributed by atoms with van der Waals surface area (Å²) >= 11 is 0. The standard InChI is InChI=1S/C11H17N3/c1-8(2)11(5-6-11)14-10-4-3-9(12)7-13-10/h3-4,7-8H,5-6,12H2,1-2H3,(H,13,14). The predicted molar refractivity (Wildman–Crippen MR) is 59.1 cm³/mol. The van der Waals surface area contributed by atoms with E-state index in [9.17, 15) is 0 Å². The molecule has 1 fully saturated rings. The highest BCUT2D eigenvalue weighted by Gasteiger charge is 2.45. The van der Waals surface area contributed by atoms with E-state index in [1.807, 2.05) is 12.1 Å². The van der Waals surface area contributed by atoms with E-state index in [4.69, 9.17) is 5.73 Å². The zero-order chi connectivity index (χ0) is 10.2. The number of hydrogen-bond donors (Lipinski definition) is 2. The Balaban J connectivity index is 2.08. The Morgan fingerprint density at radius 3 is 2.57 bits per heavy atom. The van der Waals surface area contributed by atoms with E-state index >= 15 is 0 Å². The summed E-state index contributed by atoms with van der Waals surface area (Å²) in [6.45, 7) is 4.49. The van der Waals surface area contributed by atoms with Crippen molar-refractivity contribution in [1.29, 1.82) is 0 Å². The van der Waals surface area contributed by atoms with Crippen LogP contribution in [0.3, 0.4) is 0 Å². The van der Waals surface area contributed by atoms with Crippen molar-refractivity contribution in [2.75, 3.05) is 11.1 Å². The lowest BCUT2D eigenvalue weighted by Crippen LogP contribution is -2.28. The number of nitrogens with one attached hydrogen (secondary N) is 1. The molecule has 0 aromatic carbocycles. The summed E-state index contributed by atoms with van der Waals surface area (Å²) in [6, 6.07) is 3.82. The summed E-state index contributed by atoms with van der Waals surface area (Å²) in [6.07, 6.45) is 4.19. The molecule has 1 aliphatic carbocycles. The van der Waals surface area contributed by atoms with Gasteiger partial charge in [0.1, 0.15) is 5.82 Å². The molecular formula is C11H17N3. The predicted octanol–water partition coefficient (Wildman–Crippen LogP) is 2.26. The fourth-order valence-corrected chi connectivity index (χ4v) is 1.72. The van der Waals surface area contributed by atoms with Crippen LogP contribution in [0, 0.1) is 5.92 Å². The van der Waals surface area contributed by atoms with Crippen molar-refractivity contribution >= 4 is 11.5 Å². The Hall–Kier alpha value is -1.25. The molecule has 2 rings (SSSR count). The summed E-state index contributed by atoms with van der Waals surface area (Å²) in [5.41, 5.74) is 6.58. The van der Waals surface area contributed by atoms with Crippen molar-refractivity contribution in [2.45, 2.75) is 32.2 Å². The van der Waals surface area contributed by atoms with Gasteiger partial charge in [0.2, 0.25) is 0 Å². The van der Waals surface area contributed by atoms with Gasteiger partial charge in [0, 0.05) is 5.54 Å². The van der Waals surface area contributed by atoms with E-state index in [0.29, 0.717) is 17.1 Å². The number of anilines is 2. The van der Waals surface area contributed by atoms with Gasteiger partial charge in [-0.3, -0.25) is 0 Å². The summed E-state index contributed by atoms with van der Waals surface area (Å²) in [7, 11) is 0. The van der Waals surface area contributed by atoms with Gasteiger partial charge in [0.15, 0.2) is 0 Å². The fraction of sp³-hybridized carbons (Fsp3) is 0.545. The van der Waals surface area contributed by atoms with Crippen LogP contribution in [0.1, 0.15) is 26.7 Å². The maximum absolute atomic E-state index is 5.58.